The van der Waals surface area contributed by atoms with Crippen LogP contribution < -0.4 is 7.80 Å². The number of ether oxygens (including phenoxy) is 1. The van der Waals surface area contributed by atoms with E-state index in [2.05, 4.69) is 0 Å². The van der Waals surface area contributed by atoms with Gasteiger partial charge in [-0.2, -0.15) is 4.39 Å². The fraction of sp³-hybridized carbons (Fsp3) is 0.0909. The minimum atomic E-state index is -0.467. The average molecular weight is 318 g/mol. The molecule has 0 saturated carbocycles. The van der Waals surface area contributed by atoms with Crippen molar-refractivity contribution in [1.29, 1.82) is 0 Å². The third kappa shape index (κ3) is 1.73. The summed E-state index contributed by atoms with van der Waals surface area (Å²) in [5, 5.41) is 1.63. The highest BCUT2D eigenvalue weighted by Gasteiger charge is 2.14. The van der Waals surface area contributed by atoms with Crippen LogP contribution in [0.15, 0.2) is 30.3 Å². The van der Waals surface area contributed by atoms with Crippen molar-refractivity contribution in [3.8, 4) is 11.5 Å². The average Bonchev–Trinajstić information content (AvgIpc) is 2.28. The Bertz CT molecular complexity index is 499. The largest absolute Gasteiger partial charge is 0.494 e. The monoisotopic (exact) mass is 318 g/mol. The molecule has 0 aliphatic carbocycles. The summed E-state index contributed by atoms with van der Waals surface area (Å²) in [6, 6.07) is 9.08. The Labute approximate surface area is 101 Å². The molecule has 0 aliphatic heterocycles. The van der Waals surface area contributed by atoms with Crippen molar-refractivity contribution in [1.82, 2.24) is 0 Å². The summed E-state index contributed by atoms with van der Waals surface area (Å²) < 4.78 is 23.7. The predicted octanol–water partition coefficient (Wildman–Crippen LogP) is 3.72. The zero-order valence-electron chi connectivity index (χ0n) is 7.96. The minimum absolute atomic E-state index is 0.195. The summed E-state index contributed by atoms with van der Waals surface area (Å²) >= 11 is 1.66. The van der Waals surface area contributed by atoms with Gasteiger partial charge in [0.2, 0.25) is 5.82 Å². The fourth-order valence-corrected chi connectivity index (χ4v) is 1.92. The first-order chi connectivity index (χ1) is 7.27. The van der Waals surface area contributed by atoms with Gasteiger partial charge in [-0.25, -0.2) is 0 Å². The number of fused-ring (bicyclic) bond motifs is 1. The highest BCUT2D eigenvalue weighted by Crippen LogP contribution is 2.36. The van der Waals surface area contributed by atoms with Crippen molar-refractivity contribution < 1.29 is 12.2 Å². The molecule has 0 aliphatic rings. The number of rotatable bonds is 2. The minimum Gasteiger partial charge on any atom is -0.494 e. The molecule has 0 unspecified atom stereocenters. The summed E-state index contributed by atoms with van der Waals surface area (Å²) in [6.07, 6.45) is 0. The molecule has 0 aromatic heterocycles. The molecule has 0 N–H and O–H groups in total. The van der Waals surface area contributed by atoms with Crippen LogP contribution in [-0.4, -0.2) is 7.11 Å². The summed E-state index contributed by atoms with van der Waals surface area (Å²) in [6.45, 7) is 0. The van der Waals surface area contributed by atoms with E-state index in [-0.39, 0.29) is 11.5 Å². The van der Waals surface area contributed by atoms with E-state index in [4.69, 9.17) is 7.80 Å². The first-order valence-electron chi connectivity index (χ1n) is 4.31. The van der Waals surface area contributed by atoms with Gasteiger partial charge in [-0.15, -0.1) is 0 Å². The maximum atomic E-state index is 13.7. The lowest BCUT2D eigenvalue weighted by molar-refractivity contribution is 0.382. The number of hydrogen-bond acceptors (Lipinski definition) is 2. The highest BCUT2D eigenvalue weighted by molar-refractivity contribution is 14.1. The van der Waals surface area contributed by atoms with Crippen molar-refractivity contribution in [2.45, 2.75) is 0 Å². The van der Waals surface area contributed by atoms with Crippen LogP contribution in [0.25, 0.3) is 10.8 Å². The first kappa shape index (κ1) is 10.5. The van der Waals surface area contributed by atoms with Gasteiger partial charge in [0.1, 0.15) is 0 Å². The molecule has 0 saturated heterocycles. The molecule has 0 fully saturated rings. The van der Waals surface area contributed by atoms with Crippen LogP contribution in [0, 0.1) is 5.82 Å². The SMILES string of the molecule is COc1cc2ccccc2c(OI)c1F. The summed E-state index contributed by atoms with van der Waals surface area (Å²) in [5.41, 5.74) is 0. The zero-order chi connectivity index (χ0) is 10.8. The topological polar surface area (TPSA) is 18.5 Å². The van der Waals surface area contributed by atoms with Gasteiger partial charge in [-0.05, 0) is 11.5 Å². The Morgan fingerprint density at radius 1 is 1.27 bits per heavy atom. The van der Waals surface area contributed by atoms with Gasteiger partial charge in [-0.1, -0.05) is 24.3 Å². The molecule has 4 heteroatoms. The molecule has 2 rings (SSSR count). The van der Waals surface area contributed by atoms with Crippen molar-refractivity contribution >= 4 is 33.8 Å². The Kier molecular flexibility index (Phi) is 2.95. The third-order valence-electron chi connectivity index (χ3n) is 2.20. The Morgan fingerprint density at radius 2 is 2.00 bits per heavy atom. The lowest BCUT2D eigenvalue weighted by atomic mass is 10.1. The number of hydrogen-bond donors (Lipinski definition) is 0. The molecule has 2 aromatic carbocycles. The third-order valence-corrected chi connectivity index (χ3v) is 2.65. The Morgan fingerprint density at radius 3 is 2.67 bits per heavy atom. The molecule has 0 heterocycles. The first-order valence-corrected chi connectivity index (χ1v) is 5.20. The maximum absolute atomic E-state index is 13.7. The van der Waals surface area contributed by atoms with E-state index in [0.29, 0.717) is 0 Å². The number of halogens is 2. The van der Waals surface area contributed by atoms with E-state index in [0.717, 1.165) is 10.8 Å². The standard InChI is InChI=1S/C11H8FIO2/c1-14-9-6-7-4-2-3-5-8(7)11(15-13)10(9)12/h2-6H,1H3. The van der Waals surface area contributed by atoms with E-state index in [9.17, 15) is 4.39 Å². The molecule has 0 atom stereocenters. The van der Waals surface area contributed by atoms with Crippen LogP contribution >= 0.6 is 23.0 Å². The molecule has 0 spiro atoms. The van der Waals surface area contributed by atoms with Crippen molar-refractivity contribution in [3.63, 3.8) is 0 Å². The lowest BCUT2D eigenvalue weighted by Crippen LogP contribution is -1.91. The molecule has 15 heavy (non-hydrogen) atoms. The van der Waals surface area contributed by atoms with Gasteiger partial charge < -0.3 is 7.80 Å². The van der Waals surface area contributed by atoms with E-state index >= 15 is 0 Å². The highest BCUT2D eigenvalue weighted by atomic mass is 127. The van der Waals surface area contributed by atoms with Gasteiger partial charge in [0.25, 0.3) is 0 Å². The quantitative estimate of drug-likeness (QED) is 0.786. The van der Waals surface area contributed by atoms with E-state index in [1.807, 2.05) is 24.3 Å². The molecule has 0 bridgehead atoms. The summed E-state index contributed by atoms with van der Waals surface area (Å²) in [7, 11) is 1.43. The van der Waals surface area contributed by atoms with Crippen molar-refractivity contribution in [2.75, 3.05) is 7.11 Å². The van der Waals surface area contributed by atoms with E-state index in [1.54, 1.807) is 29.1 Å². The van der Waals surface area contributed by atoms with Gasteiger partial charge in [0, 0.05) is 5.39 Å². The van der Waals surface area contributed by atoms with Crippen LogP contribution in [0.1, 0.15) is 0 Å². The molecular weight excluding hydrogens is 310 g/mol. The van der Waals surface area contributed by atoms with Crippen LogP contribution in [0.4, 0.5) is 4.39 Å². The second-order valence-corrected chi connectivity index (χ2v) is 3.46. The van der Waals surface area contributed by atoms with Gasteiger partial charge in [0.05, 0.1) is 7.11 Å². The van der Waals surface area contributed by atoms with Crippen LogP contribution in [0.5, 0.6) is 11.5 Å². The number of methoxy groups -OCH3 is 1. The molecule has 2 nitrogen and oxygen atoms in total. The predicted molar refractivity (Wildman–Crippen MR) is 65.1 cm³/mol. The van der Waals surface area contributed by atoms with E-state index in [1.165, 1.54) is 7.11 Å². The van der Waals surface area contributed by atoms with Crippen molar-refractivity contribution in [2.24, 2.45) is 0 Å². The molecule has 0 radical (unpaired) electrons. The van der Waals surface area contributed by atoms with Crippen molar-refractivity contribution in [3.05, 3.63) is 36.1 Å². The molecular formula is C11H8FIO2. The second-order valence-electron chi connectivity index (χ2n) is 3.02. The van der Waals surface area contributed by atoms with Crippen LogP contribution in [0.3, 0.4) is 0 Å². The van der Waals surface area contributed by atoms with E-state index < -0.39 is 5.82 Å². The Balaban J connectivity index is 2.83. The fourth-order valence-electron chi connectivity index (χ4n) is 1.49. The molecule has 0 amide bonds. The smallest absolute Gasteiger partial charge is 0.208 e. The molecule has 2 aromatic rings. The zero-order valence-corrected chi connectivity index (χ0v) is 10.1. The van der Waals surface area contributed by atoms with Gasteiger partial charge >= 0.3 is 0 Å². The molecule has 78 valence electrons. The lowest BCUT2D eigenvalue weighted by Gasteiger charge is -2.08. The van der Waals surface area contributed by atoms with Crippen LogP contribution in [-0.2, 0) is 0 Å². The maximum Gasteiger partial charge on any atom is 0.208 e. The van der Waals surface area contributed by atoms with Gasteiger partial charge in [-0.3, -0.25) is 0 Å². The second kappa shape index (κ2) is 4.22. The number of benzene rings is 2. The summed E-state index contributed by atoms with van der Waals surface area (Å²) in [4.78, 5) is 0. The van der Waals surface area contributed by atoms with Gasteiger partial charge in [0.15, 0.2) is 34.5 Å². The van der Waals surface area contributed by atoms with Crippen LogP contribution in [0.2, 0.25) is 0 Å². The Hall–Kier alpha value is -1.04. The summed E-state index contributed by atoms with van der Waals surface area (Å²) in [5.74, 6) is -0.0588. The normalized spacial score (nSPS) is 10.3.